The largest absolute Gasteiger partial charge is 0.318 e. The molecule has 3 nitrogen and oxygen atoms in total. The van der Waals surface area contributed by atoms with Crippen LogP contribution in [0.25, 0.3) is 0 Å². The molecule has 1 amide bonds. The van der Waals surface area contributed by atoms with Crippen LogP contribution in [0, 0.1) is 11.3 Å². The summed E-state index contributed by atoms with van der Waals surface area (Å²) in [7, 11) is 0. The van der Waals surface area contributed by atoms with E-state index in [2.05, 4.69) is 0 Å². The van der Waals surface area contributed by atoms with Crippen LogP contribution in [0.5, 0.6) is 0 Å². The molecule has 0 aromatic rings. The molecular weight excluding hydrogens is 163 g/mol. The van der Waals surface area contributed by atoms with E-state index in [4.69, 9.17) is 28.5 Å². The van der Waals surface area contributed by atoms with Gasteiger partial charge in [-0.25, -0.2) is 0 Å². The number of nitriles is 1. The van der Waals surface area contributed by atoms with Crippen LogP contribution in [0.4, 0.5) is 0 Å². The summed E-state index contributed by atoms with van der Waals surface area (Å²) in [5.74, 6) is 0. The van der Waals surface area contributed by atoms with Crippen LogP contribution < -0.4 is 5.32 Å². The Bertz CT molecular complexity index is 177. The standard InChI is InChI=1S/C4H2Cl2N2O/c5-4(6)3(1-7)8-2-9/h2H,(H,8,9). The van der Waals surface area contributed by atoms with Crippen molar-refractivity contribution in [3.8, 4) is 6.07 Å². The third-order valence-electron chi connectivity index (χ3n) is 0.504. The van der Waals surface area contributed by atoms with Crippen LogP contribution in [0.15, 0.2) is 10.2 Å². The van der Waals surface area contributed by atoms with Crippen molar-refractivity contribution in [2.24, 2.45) is 0 Å². The lowest BCUT2D eigenvalue weighted by atomic mass is 10.6. The van der Waals surface area contributed by atoms with Crippen molar-refractivity contribution in [3.63, 3.8) is 0 Å². The van der Waals surface area contributed by atoms with E-state index in [-0.39, 0.29) is 10.2 Å². The molecular formula is C4H2Cl2N2O. The predicted octanol–water partition coefficient (Wildman–Crippen LogP) is 0.903. The van der Waals surface area contributed by atoms with Gasteiger partial charge in [0.2, 0.25) is 6.41 Å². The number of carbonyl (C=O) groups is 1. The Balaban J connectivity index is 4.20. The number of amides is 1. The second kappa shape index (κ2) is 4.19. The van der Waals surface area contributed by atoms with Gasteiger partial charge in [-0.2, -0.15) is 5.26 Å². The predicted molar refractivity (Wildman–Crippen MR) is 33.5 cm³/mol. The van der Waals surface area contributed by atoms with Gasteiger partial charge in [0.25, 0.3) is 0 Å². The average molecular weight is 165 g/mol. The summed E-state index contributed by atoms with van der Waals surface area (Å²) in [6.45, 7) is 0. The summed E-state index contributed by atoms with van der Waals surface area (Å²) in [6.07, 6.45) is 0.323. The monoisotopic (exact) mass is 164 g/mol. The van der Waals surface area contributed by atoms with E-state index in [0.29, 0.717) is 6.41 Å². The van der Waals surface area contributed by atoms with Crippen molar-refractivity contribution in [3.05, 3.63) is 10.2 Å². The normalized spacial score (nSPS) is 7.22. The first-order chi connectivity index (χ1) is 4.22. The molecule has 1 N–H and O–H groups in total. The van der Waals surface area contributed by atoms with Crippen LogP contribution in [-0.2, 0) is 4.79 Å². The van der Waals surface area contributed by atoms with Crippen molar-refractivity contribution < 1.29 is 4.79 Å². The van der Waals surface area contributed by atoms with Gasteiger partial charge in [-0.1, -0.05) is 23.2 Å². The number of carbonyl (C=O) groups excluding carboxylic acids is 1. The first-order valence-electron chi connectivity index (χ1n) is 1.88. The molecule has 9 heavy (non-hydrogen) atoms. The summed E-state index contributed by atoms with van der Waals surface area (Å²) in [5.41, 5.74) is -0.145. The minimum Gasteiger partial charge on any atom is -0.318 e. The summed E-state index contributed by atoms with van der Waals surface area (Å²) in [4.78, 5) is 9.66. The summed E-state index contributed by atoms with van der Waals surface area (Å²) >= 11 is 10.2. The molecule has 0 aliphatic heterocycles. The zero-order valence-corrected chi connectivity index (χ0v) is 5.70. The van der Waals surface area contributed by atoms with E-state index in [1.807, 2.05) is 5.32 Å². The van der Waals surface area contributed by atoms with Gasteiger partial charge in [-0.15, -0.1) is 0 Å². The van der Waals surface area contributed by atoms with E-state index in [1.54, 1.807) is 6.07 Å². The fraction of sp³-hybridized carbons (Fsp3) is 0. The second-order valence-corrected chi connectivity index (χ2v) is 1.96. The van der Waals surface area contributed by atoms with Gasteiger partial charge in [0.05, 0.1) is 0 Å². The molecule has 5 heteroatoms. The van der Waals surface area contributed by atoms with Gasteiger partial charge < -0.3 is 5.32 Å². The second-order valence-electron chi connectivity index (χ2n) is 1.01. The number of rotatable bonds is 2. The molecule has 0 aliphatic rings. The zero-order chi connectivity index (χ0) is 7.28. The smallest absolute Gasteiger partial charge is 0.212 e. The fourth-order valence-electron chi connectivity index (χ4n) is 0.188. The highest BCUT2D eigenvalue weighted by Crippen LogP contribution is 2.09. The Morgan fingerprint density at radius 3 is 2.33 bits per heavy atom. The van der Waals surface area contributed by atoms with Gasteiger partial charge in [0, 0.05) is 0 Å². The number of nitrogens with one attached hydrogen (secondary N) is 1. The quantitative estimate of drug-likeness (QED) is 0.488. The lowest BCUT2D eigenvalue weighted by molar-refractivity contribution is -0.108. The number of hydrogen-bond donors (Lipinski definition) is 1. The first kappa shape index (κ1) is 8.28. The van der Waals surface area contributed by atoms with Crippen molar-refractivity contribution in [2.45, 2.75) is 0 Å². The number of halogens is 2. The van der Waals surface area contributed by atoms with Crippen LogP contribution in [0.3, 0.4) is 0 Å². The summed E-state index contributed by atoms with van der Waals surface area (Å²) in [6, 6.07) is 1.58. The zero-order valence-electron chi connectivity index (χ0n) is 4.19. The molecule has 0 aromatic carbocycles. The highest BCUT2D eigenvalue weighted by molar-refractivity contribution is 6.56. The van der Waals surface area contributed by atoms with Crippen LogP contribution in [0.1, 0.15) is 0 Å². The molecule has 0 aromatic heterocycles. The van der Waals surface area contributed by atoms with Crippen molar-refractivity contribution in [2.75, 3.05) is 0 Å². The Labute approximate surface area is 61.9 Å². The number of hydrogen-bond acceptors (Lipinski definition) is 2. The number of allylic oxidation sites excluding steroid dienone is 1. The molecule has 0 radical (unpaired) electrons. The lowest BCUT2D eigenvalue weighted by Gasteiger charge is -1.90. The van der Waals surface area contributed by atoms with Crippen molar-refractivity contribution in [1.82, 2.24) is 5.32 Å². The van der Waals surface area contributed by atoms with Crippen LogP contribution in [0.2, 0.25) is 0 Å². The molecule has 0 rings (SSSR count). The van der Waals surface area contributed by atoms with Gasteiger partial charge in [0.15, 0.2) is 5.70 Å². The number of nitrogens with zero attached hydrogens (tertiary/aromatic N) is 1. The van der Waals surface area contributed by atoms with E-state index >= 15 is 0 Å². The molecule has 0 aliphatic carbocycles. The highest BCUT2D eigenvalue weighted by atomic mass is 35.5. The third kappa shape index (κ3) is 2.96. The van der Waals surface area contributed by atoms with Gasteiger partial charge in [-0.3, -0.25) is 4.79 Å². The average Bonchev–Trinajstić information content (AvgIpc) is 1.82. The van der Waals surface area contributed by atoms with Crippen molar-refractivity contribution in [1.29, 1.82) is 5.26 Å². The maximum atomic E-state index is 9.66. The summed E-state index contributed by atoms with van der Waals surface area (Å²) < 4.78 is -0.246. The Morgan fingerprint density at radius 1 is 1.67 bits per heavy atom. The van der Waals surface area contributed by atoms with Gasteiger partial charge in [-0.05, 0) is 0 Å². The first-order valence-corrected chi connectivity index (χ1v) is 2.63. The van der Waals surface area contributed by atoms with Gasteiger partial charge >= 0.3 is 0 Å². The molecule has 48 valence electrons. The Hall–Kier alpha value is -0.720. The van der Waals surface area contributed by atoms with Gasteiger partial charge in [0.1, 0.15) is 10.6 Å². The lowest BCUT2D eigenvalue weighted by Crippen LogP contribution is -2.08. The maximum Gasteiger partial charge on any atom is 0.212 e. The molecule has 0 saturated heterocycles. The molecule has 0 heterocycles. The van der Waals surface area contributed by atoms with E-state index in [1.165, 1.54) is 0 Å². The molecule has 0 fully saturated rings. The van der Waals surface area contributed by atoms with Crippen LogP contribution >= 0.6 is 23.2 Å². The minimum absolute atomic E-state index is 0.145. The minimum atomic E-state index is -0.246. The Morgan fingerprint density at radius 2 is 2.22 bits per heavy atom. The molecule has 0 bridgehead atoms. The van der Waals surface area contributed by atoms with Crippen molar-refractivity contribution >= 4 is 29.6 Å². The Kier molecular flexibility index (Phi) is 3.85. The fourth-order valence-corrected chi connectivity index (χ4v) is 0.382. The highest BCUT2D eigenvalue weighted by Gasteiger charge is 1.96. The molecule has 0 spiro atoms. The van der Waals surface area contributed by atoms with Crippen LogP contribution in [-0.4, -0.2) is 6.41 Å². The summed E-state index contributed by atoms with van der Waals surface area (Å²) in [5, 5.41) is 10.1. The van der Waals surface area contributed by atoms with E-state index in [9.17, 15) is 4.79 Å². The van der Waals surface area contributed by atoms with E-state index < -0.39 is 0 Å². The van der Waals surface area contributed by atoms with E-state index in [0.717, 1.165) is 0 Å². The molecule has 0 unspecified atom stereocenters. The SMILES string of the molecule is N#CC(NC=O)=C(Cl)Cl. The topological polar surface area (TPSA) is 52.9 Å². The maximum absolute atomic E-state index is 9.66. The molecule has 0 saturated carbocycles. The molecule has 0 atom stereocenters. The third-order valence-corrected chi connectivity index (χ3v) is 0.882.